The molecule has 7 nitrogen and oxygen atoms in total. The summed E-state index contributed by atoms with van der Waals surface area (Å²) in [5, 5.41) is 3.64. The Morgan fingerprint density at radius 2 is 1.77 bits per heavy atom. The Labute approximate surface area is 239 Å². The second-order valence-electron chi connectivity index (χ2n) is 10.4. The first kappa shape index (κ1) is 27.4. The standard InChI is InChI=1S/C31H37BrN6O/c1-36(31(39)21-38-17-15-24(16-18-38)34-27-6-4-3-5-26(27)32)25-12-13-29-28(19-25)35-30(37(29)2)14-11-22-7-9-23(20-33)10-8-22/h3-10,12-13,19,24,34H,11,14-18,20-21,33H2,1-2H3. The first-order chi connectivity index (χ1) is 18.9. The minimum absolute atomic E-state index is 0.101. The lowest BCUT2D eigenvalue weighted by atomic mass is 10.0. The van der Waals surface area contributed by atoms with Crippen LogP contribution in [0.2, 0.25) is 0 Å². The third-order valence-corrected chi connectivity index (χ3v) is 8.49. The fourth-order valence-corrected chi connectivity index (χ4v) is 5.64. The van der Waals surface area contributed by atoms with Crippen molar-refractivity contribution in [2.24, 2.45) is 12.8 Å². The van der Waals surface area contributed by atoms with Crippen molar-refractivity contribution in [1.29, 1.82) is 0 Å². The smallest absolute Gasteiger partial charge is 0.240 e. The number of halogens is 1. The van der Waals surface area contributed by atoms with E-state index >= 15 is 0 Å². The Morgan fingerprint density at radius 3 is 2.49 bits per heavy atom. The number of para-hydroxylation sites is 1. The zero-order chi connectivity index (χ0) is 27.4. The Hall–Kier alpha value is -3.20. The number of hydrogen-bond donors (Lipinski definition) is 2. The van der Waals surface area contributed by atoms with E-state index in [1.54, 1.807) is 4.90 Å². The predicted octanol–water partition coefficient (Wildman–Crippen LogP) is 5.12. The molecule has 0 radical (unpaired) electrons. The fraction of sp³-hybridized carbons (Fsp3) is 0.355. The van der Waals surface area contributed by atoms with Gasteiger partial charge in [-0.05, 0) is 76.7 Å². The first-order valence-corrected chi connectivity index (χ1v) is 14.4. The maximum atomic E-state index is 13.2. The number of carbonyl (C=O) groups is 1. The SMILES string of the molecule is CN(C(=O)CN1CCC(Nc2ccccc2Br)CC1)c1ccc2c(c1)nc(CCc1ccc(CN)cc1)n2C. The van der Waals surface area contributed by atoms with Gasteiger partial charge >= 0.3 is 0 Å². The van der Waals surface area contributed by atoms with Crippen LogP contribution < -0.4 is 16.0 Å². The molecule has 3 N–H and O–H groups in total. The lowest BCUT2D eigenvalue weighted by Gasteiger charge is -2.33. The van der Waals surface area contributed by atoms with E-state index in [-0.39, 0.29) is 5.91 Å². The van der Waals surface area contributed by atoms with Crippen LogP contribution >= 0.6 is 15.9 Å². The number of imidazole rings is 1. The number of likely N-dealkylation sites (N-methyl/N-ethyl adjacent to an activating group) is 1. The number of piperidine rings is 1. The number of carbonyl (C=O) groups excluding carboxylic acids is 1. The van der Waals surface area contributed by atoms with Crippen LogP contribution in [0.25, 0.3) is 11.0 Å². The van der Waals surface area contributed by atoms with Crippen LogP contribution in [0.4, 0.5) is 11.4 Å². The molecule has 4 aromatic rings. The molecule has 0 aliphatic carbocycles. The Balaban J connectivity index is 1.16. The summed E-state index contributed by atoms with van der Waals surface area (Å²) in [4.78, 5) is 22.1. The molecule has 39 heavy (non-hydrogen) atoms. The molecule has 1 aliphatic rings. The lowest BCUT2D eigenvalue weighted by Crippen LogP contribution is -2.44. The minimum atomic E-state index is 0.101. The largest absolute Gasteiger partial charge is 0.381 e. The predicted molar refractivity (Wildman–Crippen MR) is 163 cm³/mol. The summed E-state index contributed by atoms with van der Waals surface area (Å²) in [6.07, 6.45) is 3.79. The van der Waals surface area contributed by atoms with Crippen molar-refractivity contribution in [2.45, 2.75) is 38.3 Å². The third-order valence-electron chi connectivity index (χ3n) is 7.79. The summed E-state index contributed by atoms with van der Waals surface area (Å²) >= 11 is 3.62. The second kappa shape index (κ2) is 12.3. The zero-order valence-corrected chi connectivity index (χ0v) is 24.3. The molecule has 3 aromatic carbocycles. The number of rotatable bonds is 9. The number of nitrogens with one attached hydrogen (secondary N) is 1. The molecular formula is C31H37BrN6O. The number of aromatic nitrogens is 2. The number of aryl methyl sites for hydroxylation is 3. The van der Waals surface area contributed by atoms with Gasteiger partial charge in [-0.2, -0.15) is 0 Å². The molecule has 0 atom stereocenters. The van der Waals surface area contributed by atoms with E-state index in [1.807, 2.05) is 31.3 Å². The minimum Gasteiger partial charge on any atom is -0.381 e. The monoisotopic (exact) mass is 588 g/mol. The molecule has 204 valence electrons. The van der Waals surface area contributed by atoms with Crippen molar-refractivity contribution in [3.05, 3.63) is 88.2 Å². The molecule has 1 aromatic heterocycles. The number of anilines is 2. The van der Waals surface area contributed by atoms with Gasteiger partial charge in [-0.25, -0.2) is 4.98 Å². The number of benzene rings is 3. The molecule has 0 unspecified atom stereocenters. The van der Waals surface area contributed by atoms with E-state index < -0.39 is 0 Å². The van der Waals surface area contributed by atoms with Crippen LogP contribution in [-0.4, -0.2) is 53.1 Å². The van der Waals surface area contributed by atoms with E-state index in [0.717, 1.165) is 77.0 Å². The van der Waals surface area contributed by atoms with Crippen molar-refractivity contribution in [3.8, 4) is 0 Å². The summed E-state index contributed by atoms with van der Waals surface area (Å²) in [5.41, 5.74) is 12.1. The van der Waals surface area contributed by atoms with Gasteiger partial charge in [0, 0.05) is 62.0 Å². The Morgan fingerprint density at radius 1 is 1.05 bits per heavy atom. The number of nitrogens with two attached hydrogens (primary N) is 1. The number of fused-ring (bicyclic) bond motifs is 1. The van der Waals surface area contributed by atoms with Crippen molar-refractivity contribution >= 4 is 44.2 Å². The molecule has 0 saturated carbocycles. The van der Waals surface area contributed by atoms with E-state index in [0.29, 0.717) is 19.1 Å². The van der Waals surface area contributed by atoms with Crippen LogP contribution in [0.3, 0.4) is 0 Å². The van der Waals surface area contributed by atoms with Gasteiger partial charge in [0.1, 0.15) is 5.82 Å². The highest BCUT2D eigenvalue weighted by atomic mass is 79.9. The zero-order valence-electron chi connectivity index (χ0n) is 22.7. The van der Waals surface area contributed by atoms with Crippen molar-refractivity contribution in [2.75, 3.05) is 36.9 Å². The summed E-state index contributed by atoms with van der Waals surface area (Å²) in [6, 6.07) is 23.2. The maximum absolute atomic E-state index is 13.2. The fourth-order valence-electron chi connectivity index (χ4n) is 5.24. The van der Waals surface area contributed by atoms with E-state index in [1.165, 1.54) is 5.56 Å². The number of likely N-dealkylation sites (tertiary alicyclic amines) is 1. The van der Waals surface area contributed by atoms with Gasteiger partial charge in [-0.15, -0.1) is 0 Å². The second-order valence-corrected chi connectivity index (χ2v) is 11.3. The molecule has 8 heteroatoms. The van der Waals surface area contributed by atoms with Crippen molar-refractivity contribution in [1.82, 2.24) is 14.5 Å². The van der Waals surface area contributed by atoms with Gasteiger partial charge in [0.15, 0.2) is 0 Å². The topological polar surface area (TPSA) is 79.4 Å². The highest BCUT2D eigenvalue weighted by molar-refractivity contribution is 9.10. The molecular weight excluding hydrogens is 552 g/mol. The van der Waals surface area contributed by atoms with Gasteiger partial charge in [0.25, 0.3) is 0 Å². The van der Waals surface area contributed by atoms with Crippen LogP contribution in [0.5, 0.6) is 0 Å². The first-order valence-electron chi connectivity index (χ1n) is 13.6. The van der Waals surface area contributed by atoms with Crippen molar-refractivity contribution < 1.29 is 4.79 Å². The summed E-state index contributed by atoms with van der Waals surface area (Å²) < 4.78 is 3.24. The normalized spacial score (nSPS) is 14.6. The van der Waals surface area contributed by atoms with E-state index in [4.69, 9.17) is 10.7 Å². The molecule has 1 aliphatic heterocycles. The number of nitrogens with zero attached hydrogens (tertiary/aromatic N) is 4. The van der Waals surface area contributed by atoms with E-state index in [2.05, 4.69) is 80.2 Å². The molecule has 0 spiro atoms. The summed E-state index contributed by atoms with van der Waals surface area (Å²) in [7, 11) is 3.92. The van der Waals surface area contributed by atoms with Gasteiger partial charge in [-0.1, -0.05) is 36.4 Å². The van der Waals surface area contributed by atoms with Gasteiger partial charge in [0.05, 0.1) is 17.6 Å². The van der Waals surface area contributed by atoms with Gasteiger partial charge < -0.3 is 20.5 Å². The Kier molecular flexibility index (Phi) is 8.65. The highest BCUT2D eigenvalue weighted by Crippen LogP contribution is 2.26. The van der Waals surface area contributed by atoms with Gasteiger partial charge in [0.2, 0.25) is 5.91 Å². The Bertz CT molecular complexity index is 1430. The molecule has 5 rings (SSSR count). The summed E-state index contributed by atoms with van der Waals surface area (Å²) in [6.45, 7) is 2.79. The molecule has 0 bridgehead atoms. The summed E-state index contributed by atoms with van der Waals surface area (Å²) in [5.74, 6) is 1.14. The van der Waals surface area contributed by atoms with Crippen LogP contribution in [0, 0.1) is 0 Å². The van der Waals surface area contributed by atoms with E-state index in [9.17, 15) is 4.79 Å². The molecule has 1 saturated heterocycles. The highest BCUT2D eigenvalue weighted by Gasteiger charge is 2.23. The maximum Gasteiger partial charge on any atom is 0.240 e. The number of hydrogen-bond acceptors (Lipinski definition) is 5. The van der Waals surface area contributed by atoms with Crippen LogP contribution in [0.1, 0.15) is 29.8 Å². The quantitative estimate of drug-likeness (QED) is 0.284. The van der Waals surface area contributed by atoms with Crippen molar-refractivity contribution in [3.63, 3.8) is 0 Å². The average molecular weight is 590 g/mol. The van der Waals surface area contributed by atoms with Gasteiger partial charge in [-0.3, -0.25) is 9.69 Å². The molecule has 1 amide bonds. The van der Waals surface area contributed by atoms with Crippen LogP contribution in [0.15, 0.2) is 71.2 Å². The lowest BCUT2D eigenvalue weighted by molar-refractivity contribution is -0.119. The molecule has 1 fully saturated rings. The van der Waals surface area contributed by atoms with Crippen LogP contribution in [-0.2, 0) is 31.2 Å². The average Bonchev–Trinajstić information content (AvgIpc) is 3.28. The number of amides is 1. The molecule has 2 heterocycles. The third kappa shape index (κ3) is 6.52.